The van der Waals surface area contributed by atoms with Gasteiger partial charge in [0, 0.05) is 18.8 Å². The van der Waals surface area contributed by atoms with Gasteiger partial charge in [-0.2, -0.15) is 4.31 Å². The number of nitrogens with zero attached hydrogens (tertiary/aromatic N) is 1. The summed E-state index contributed by atoms with van der Waals surface area (Å²) >= 11 is 0. The summed E-state index contributed by atoms with van der Waals surface area (Å²) in [4.78, 5) is 12.8. The van der Waals surface area contributed by atoms with E-state index >= 15 is 0 Å². The zero-order valence-electron chi connectivity index (χ0n) is 18.5. The highest BCUT2D eigenvalue weighted by Crippen LogP contribution is 2.23. The van der Waals surface area contributed by atoms with Gasteiger partial charge in [-0.25, -0.2) is 21.2 Å². The normalized spacial score (nSPS) is 11.9. The number of nitrogens with one attached hydrogen (secondary N) is 2. The van der Waals surface area contributed by atoms with Crippen LogP contribution >= 0.6 is 0 Å². The molecule has 3 rings (SSSR count). The van der Waals surface area contributed by atoms with E-state index in [0.717, 1.165) is 24.3 Å². The first kappa shape index (κ1) is 25.3. The molecule has 0 saturated heterocycles. The highest BCUT2D eigenvalue weighted by atomic mass is 32.2. The molecule has 0 fully saturated rings. The van der Waals surface area contributed by atoms with Crippen LogP contribution in [-0.2, 0) is 20.0 Å². The zero-order chi connectivity index (χ0) is 24.9. The molecule has 0 atom stereocenters. The fourth-order valence-electron chi connectivity index (χ4n) is 3.21. The van der Waals surface area contributed by atoms with Crippen LogP contribution in [0, 0.1) is 5.82 Å². The van der Waals surface area contributed by atoms with Crippen molar-refractivity contribution in [1.82, 2.24) is 4.31 Å². The fourth-order valence-corrected chi connectivity index (χ4v) is 5.75. The maximum Gasteiger partial charge on any atom is 0.261 e. The molecular formula is C23H24FN3O5S2. The minimum atomic E-state index is -4.06. The van der Waals surface area contributed by atoms with Gasteiger partial charge in [-0.05, 0) is 60.7 Å². The van der Waals surface area contributed by atoms with E-state index in [0.29, 0.717) is 18.8 Å². The molecule has 3 aromatic carbocycles. The lowest BCUT2D eigenvalue weighted by atomic mass is 10.1. The summed E-state index contributed by atoms with van der Waals surface area (Å²) in [6.45, 7) is 4.17. The highest BCUT2D eigenvalue weighted by Gasteiger charge is 2.22. The van der Waals surface area contributed by atoms with E-state index in [-0.39, 0.29) is 21.0 Å². The average molecular weight is 506 g/mol. The number of halogens is 1. The Hall–Kier alpha value is -3.28. The van der Waals surface area contributed by atoms with Gasteiger partial charge in [0.05, 0.1) is 21.0 Å². The maximum absolute atomic E-state index is 13.1. The Kier molecular flexibility index (Phi) is 7.70. The lowest BCUT2D eigenvalue weighted by Crippen LogP contribution is -2.30. The summed E-state index contributed by atoms with van der Waals surface area (Å²) in [6.07, 6.45) is 0. The molecule has 0 aliphatic heterocycles. The number of anilines is 2. The molecule has 0 aliphatic rings. The summed E-state index contributed by atoms with van der Waals surface area (Å²) in [5.74, 6) is -1.17. The van der Waals surface area contributed by atoms with Gasteiger partial charge in [0.2, 0.25) is 10.0 Å². The van der Waals surface area contributed by atoms with Crippen LogP contribution in [0.2, 0.25) is 0 Å². The van der Waals surface area contributed by atoms with Crippen LogP contribution in [-0.4, -0.2) is 40.1 Å². The van der Waals surface area contributed by atoms with E-state index in [1.807, 2.05) is 0 Å². The van der Waals surface area contributed by atoms with E-state index in [4.69, 9.17) is 0 Å². The summed E-state index contributed by atoms with van der Waals surface area (Å²) in [5, 5.41) is 2.64. The fraction of sp³-hybridized carbons (Fsp3) is 0.174. The van der Waals surface area contributed by atoms with Crippen molar-refractivity contribution in [3.8, 4) is 0 Å². The van der Waals surface area contributed by atoms with Gasteiger partial charge in [-0.1, -0.05) is 26.0 Å². The molecule has 0 bridgehead atoms. The summed E-state index contributed by atoms with van der Waals surface area (Å²) in [5.41, 5.74) is 0.415. The number of amides is 1. The third-order valence-electron chi connectivity index (χ3n) is 5.00. The second-order valence-corrected chi connectivity index (χ2v) is 10.8. The van der Waals surface area contributed by atoms with Crippen LogP contribution in [0.3, 0.4) is 0 Å². The van der Waals surface area contributed by atoms with Gasteiger partial charge in [0.15, 0.2) is 0 Å². The van der Waals surface area contributed by atoms with E-state index < -0.39 is 31.8 Å². The molecule has 180 valence electrons. The molecule has 0 heterocycles. The van der Waals surface area contributed by atoms with E-state index in [1.165, 1.54) is 40.7 Å². The lowest BCUT2D eigenvalue weighted by Gasteiger charge is -2.18. The van der Waals surface area contributed by atoms with Crippen molar-refractivity contribution in [3.63, 3.8) is 0 Å². The van der Waals surface area contributed by atoms with E-state index in [1.54, 1.807) is 26.0 Å². The van der Waals surface area contributed by atoms with E-state index in [2.05, 4.69) is 10.0 Å². The molecule has 34 heavy (non-hydrogen) atoms. The van der Waals surface area contributed by atoms with Crippen molar-refractivity contribution in [2.75, 3.05) is 23.1 Å². The van der Waals surface area contributed by atoms with Crippen molar-refractivity contribution in [3.05, 3.63) is 84.2 Å². The smallest absolute Gasteiger partial charge is 0.261 e. The summed E-state index contributed by atoms with van der Waals surface area (Å²) in [6, 6.07) is 16.0. The Bertz CT molecular complexity index is 1370. The average Bonchev–Trinajstić information content (AvgIpc) is 2.80. The first-order valence-corrected chi connectivity index (χ1v) is 13.3. The summed E-state index contributed by atoms with van der Waals surface area (Å²) < 4.78 is 67.4. The van der Waals surface area contributed by atoms with Crippen molar-refractivity contribution in [2.45, 2.75) is 23.6 Å². The van der Waals surface area contributed by atoms with Crippen LogP contribution in [0.5, 0.6) is 0 Å². The maximum atomic E-state index is 13.1. The van der Waals surface area contributed by atoms with E-state index in [9.17, 15) is 26.0 Å². The van der Waals surface area contributed by atoms with Gasteiger partial charge in [0.25, 0.3) is 15.9 Å². The number of hydrogen-bond acceptors (Lipinski definition) is 5. The molecule has 3 aromatic rings. The first-order chi connectivity index (χ1) is 16.1. The number of sulfonamides is 2. The van der Waals surface area contributed by atoms with Gasteiger partial charge in [-0.3, -0.25) is 9.52 Å². The van der Waals surface area contributed by atoms with Crippen LogP contribution in [0.15, 0.2) is 82.6 Å². The van der Waals surface area contributed by atoms with Gasteiger partial charge in [0.1, 0.15) is 5.82 Å². The Balaban J connectivity index is 1.81. The molecule has 8 nitrogen and oxygen atoms in total. The number of carbonyl (C=O) groups excluding carboxylic acids is 1. The standard InChI is InChI=1S/C23H24FN3O5S2/c1-3-27(4-2)34(31,32)20-15-11-18(12-16-20)25-23(28)21-7-5-6-8-22(21)26-33(29,30)19-13-9-17(24)10-14-19/h5-16,26H,3-4H2,1-2H3,(H,25,28). The predicted octanol–water partition coefficient (Wildman–Crippen LogP) is 3.91. The first-order valence-electron chi connectivity index (χ1n) is 10.4. The van der Waals surface area contributed by atoms with Gasteiger partial charge < -0.3 is 5.32 Å². The van der Waals surface area contributed by atoms with Crippen molar-refractivity contribution in [2.24, 2.45) is 0 Å². The van der Waals surface area contributed by atoms with Crippen molar-refractivity contribution < 1.29 is 26.0 Å². The lowest BCUT2D eigenvalue weighted by molar-refractivity contribution is 0.102. The van der Waals surface area contributed by atoms with Crippen LogP contribution < -0.4 is 10.0 Å². The Morgan fingerprint density at radius 3 is 1.97 bits per heavy atom. The Labute approximate surface area is 198 Å². The number of carbonyl (C=O) groups is 1. The monoisotopic (exact) mass is 505 g/mol. The molecule has 0 radical (unpaired) electrons. The molecule has 11 heteroatoms. The third kappa shape index (κ3) is 5.61. The van der Waals surface area contributed by atoms with Crippen molar-refractivity contribution >= 4 is 37.3 Å². The SMILES string of the molecule is CCN(CC)S(=O)(=O)c1ccc(NC(=O)c2ccccc2NS(=O)(=O)c2ccc(F)cc2)cc1. The number of benzene rings is 3. The minimum Gasteiger partial charge on any atom is -0.322 e. The molecule has 0 saturated carbocycles. The molecule has 0 spiro atoms. The van der Waals surface area contributed by atoms with Crippen LogP contribution in [0.4, 0.5) is 15.8 Å². The quantitative estimate of drug-likeness (QED) is 0.458. The Morgan fingerprint density at radius 2 is 1.38 bits per heavy atom. The molecule has 2 N–H and O–H groups in total. The molecule has 0 aromatic heterocycles. The molecule has 0 unspecified atom stereocenters. The van der Waals surface area contributed by atoms with Crippen molar-refractivity contribution in [1.29, 1.82) is 0 Å². The third-order valence-corrected chi connectivity index (χ3v) is 8.44. The highest BCUT2D eigenvalue weighted by molar-refractivity contribution is 7.92. The predicted molar refractivity (Wildman–Crippen MR) is 128 cm³/mol. The largest absolute Gasteiger partial charge is 0.322 e. The summed E-state index contributed by atoms with van der Waals surface area (Å²) in [7, 11) is -7.70. The molecule has 1 amide bonds. The molecular weight excluding hydrogens is 481 g/mol. The molecule has 0 aliphatic carbocycles. The van der Waals surface area contributed by atoms with Gasteiger partial charge in [-0.15, -0.1) is 0 Å². The topological polar surface area (TPSA) is 113 Å². The number of rotatable bonds is 9. The second-order valence-electron chi connectivity index (χ2n) is 7.17. The van der Waals surface area contributed by atoms with Crippen LogP contribution in [0.1, 0.15) is 24.2 Å². The number of hydrogen-bond donors (Lipinski definition) is 2. The number of para-hydroxylation sites is 1. The van der Waals surface area contributed by atoms with Crippen LogP contribution in [0.25, 0.3) is 0 Å². The van der Waals surface area contributed by atoms with Gasteiger partial charge >= 0.3 is 0 Å². The zero-order valence-corrected chi connectivity index (χ0v) is 20.2. The second kappa shape index (κ2) is 10.3. The Morgan fingerprint density at radius 1 is 0.824 bits per heavy atom. The minimum absolute atomic E-state index is 0.0325.